The van der Waals surface area contributed by atoms with E-state index in [1.54, 1.807) is 12.1 Å². The molecule has 0 aliphatic heterocycles. The summed E-state index contributed by atoms with van der Waals surface area (Å²) in [6.45, 7) is 5.98. The molecule has 152 valence electrons. The Labute approximate surface area is 172 Å². The third kappa shape index (κ3) is 7.58. The van der Waals surface area contributed by atoms with Gasteiger partial charge in [0.15, 0.2) is 0 Å². The minimum absolute atomic E-state index is 0. The van der Waals surface area contributed by atoms with Gasteiger partial charge in [-0.2, -0.15) is 0 Å². The van der Waals surface area contributed by atoms with Gasteiger partial charge in [0.1, 0.15) is 0 Å². The van der Waals surface area contributed by atoms with Crippen LogP contribution in [0.5, 0.6) is 0 Å². The van der Waals surface area contributed by atoms with Gasteiger partial charge in [-0.05, 0) is 49.1 Å². The van der Waals surface area contributed by atoms with Crippen molar-refractivity contribution in [2.24, 2.45) is 11.7 Å². The summed E-state index contributed by atoms with van der Waals surface area (Å²) < 4.78 is 0. The van der Waals surface area contributed by atoms with Crippen molar-refractivity contribution in [1.82, 2.24) is 5.32 Å². The number of hydrogen-bond acceptors (Lipinski definition) is 3. The van der Waals surface area contributed by atoms with Crippen LogP contribution < -0.4 is 21.7 Å². The quantitative estimate of drug-likeness (QED) is 0.553. The fourth-order valence-electron chi connectivity index (χ4n) is 2.69. The van der Waals surface area contributed by atoms with Crippen molar-refractivity contribution in [3.05, 3.63) is 60.2 Å². The first-order valence-corrected chi connectivity index (χ1v) is 9.14. The summed E-state index contributed by atoms with van der Waals surface area (Å²) in [5.41, 5.74) is 8.25. The Balaban J connectivity index is 0.00000392. The van der Waals surface area contributed by atoms with Gasteiger partial charge in [0.25, 0.3) is 0 Å². The zero-order chi connectivity index (χ0) is 19.8. The zero-order valence-electron chi connectivity index (χ0n) is 16.4. The molecule has 6 nitrogen and oxygen atoms in total. The van der Waals surface area contributed by atoms with E-state index >= 15 is 0 Å². The number of carbonyl (C=O) groups is 2. The van der Waals surface area contributed by atoms with Crippen molar-refractivity contribution < 1.29 is 9.59 Å². The number of anilines is 2. The van der Waals surface area contributed by atoms with Crippen molar-refractivity contribution in [3.8, 4) is 0 Å². The molecule has 0 bridgehead atoms. The van der Waals surface area contributed by atoms with Crippen LogP contribution in [-0.2, 0) is 4.79 Å². The number of hydrogen-bond donors (Lipinski definition) is 4. The van der Waals surface area contributed by atoms with Crippen LogP contribution >= 0.6 is 12.4 Å². The van der Waals surface area contributed by atoms with Crippen LogP contribution in [0.2, 0.25) is 0 Å². The Kier molecular flexibility index (Phi) is 9.48. The predicted molar refractivity (Wildman–Crippen MR) is 117 cm³/mol. The second kappa shape index (κ2) is 11.3. The van der Waals surface area contributed by atoms with Crippen LogP contribution in [0.4, 0.5) is 16.2 Å². The van der Waals surface area contributed by atoms with Crippen molar-refractivity contribution in [2.45, 2.75) is 39.3 Å². The smallest absolute Gasteiger partial charge is 0.323 e. The van der Waals surface area contributed by atoms with Gasteiger partial charge in [0.05, 0.1) is 12.1 Å². The van der Waals surface area contributed by atoms with Gasteiger partial charge in [-0.25, -0.2) is 4.79 Å². The molecule has 7 heteroatoms. The topological polar surface area (TPSA) is 96.2 Å². The largest absolute Gasteiger partial charge is 0.348 e. The fraction of sp³-hybridized carbons (Fsp3) is 0.333. The number of nitrogens with one attached hydrogen (secondary N) is 3. The number of benzene rings is 2. The van der Waals surface area contributed by atoms with E-state index in [1.807, 2.05) is 63.2 Å². The highest BCUT2D eigenvalue weighted by molar-refractivity contribution is 5.99. The maximum atomic E-state index is 12.1. The normalized spacial score (nSPS) is 12.5. The van der Waals surface area contributed by atoms with Gasteiger partial charge in [0, 0.05) is 11.4 Å². The van der Waals surface area contributed by atoms with Crippen LogP contribution in [0.3, 0.4) is 0 Å². The van der Waals surface area contributed by atoms with Crippen LogP contribution in [-0.4, -0.2) is 18.0 Å². The molecule has 3 amide bonds. The van der Waals surface area contributed by atoms with Crippen LogP contribution in [0, 0.1) is 5.92 Å². The molecule has 1 unspecified atom stereocenters. The Morgan fingerprint density at radius 1 is 0.893 bits per heavy atom. The third-order valence-corrected chi connectivity index (χ3v) is 4.12. The summed E-state index contributed by atoms with van der Waals surface area (Å²) in [4.78, 5) is 24.2. The maximum Gasteiger partial charge on any atom is 0.323 e. The van der Waals surface area contributed by atoms with E-state index in [9.17, 15) is 9.59 Å². The zero-order valence-corrected chi connectivity index (χ0v) is 17.3. The molecule has 0 saturated carbocycles. The molecule has 0 radical (unpaired) electrons. The Morgan fingerprint density at radius 2 is 1.43 bits per heavy atom. The van der Waals surface area contributed by atoms with Crippen molar-refractivity contribution in [2.75, 3.05) is 10.6 Å². The molecule has 2 rings (SSSR count). The molecule has 2 aromatic rings. The molecule has 0 heterocycles. The molecule has 28 heavy (non-hydrogen) atoms. The summed E-state index contributed by atoms with van der Waals surface area (Å²) in [6.07, 6.45) is 0.651. The van der Waals surface area contributed by atoms with E-state index in [0.29, 0.717) is 18.0 Å². The SMILES string of the molecule is CC(C)C[C@H](N)C(=O)NC(C)c1ccc(NC(=O)Nc2ccccc2)cc1.Cl. The van der Waals surface area contributed by atoms with Gasteiger partial charge in [-0.1, -0.05) is 44.2 Å². The Hall–Kier alpha value is -2.57. The van der Waals surface area contributed by atoms with Crippen molar-refractivity contribution >= 4 is 35.7 Å². The Bertz CT molecular complexity index is 751. The molecule has 0 spiro atoms. The third-order valence-electron chi connectivity index (χ3n) is 4.12. The van der Waals surface area contributed by atoms with Gasteiger partial charge in [0.2, 0.25) is 5.91 Å². The number of nitrogens with two attached hydrogens (primary N) is 1. The highest BCUT2D eigenvalue weighted by atomic mass is 35.5. The minimum Gasteiger partial charge on any atom is -0.348 e. The molecule has 2 aromatic carbocycles. The predicted octanol–water partition coefficient (Wildman–Crippen LogP) is 4.30. The summed E-state index contributed by atoms with van der Waals surface area (Å²) in [6, 6.07) is 15.6. The lowest BCUT2D eigenvalue weighted by Crippen LogP contribution is -2.42. The van der Waals surface area contributed by atoms with E-state index in [-0.39, 0.29) is 30.4 Å². The van der Waals surface area contributed by atoms with Gasteiger partial charge < -0.3 is 21.7 Å². The summed E-state index contributed by atoms with van der Waals surface area (Å²) >= 11 is 0. The standard InChI is InChI=1S/C21H28N4O2.ClH/c1-14(2)13-19(22)20(26)23-15(3)16-9-11-18(12-10-16)25-21(27)24-17-7-5-4-6-8-17;/h4-12,14-15,19H,13,22H2,1-3H3,(H,23,26)(H2,24,25,27);1H/t15?,19-;/m0./s1. The van der Waals surface area contributed by atoms with E-state index < -0.39 is 6.04 Å². The molecule has 0 fully saturated rings. The van der Waals surface area contributed by atoms with Gasteiger partial charge in [-0.3, -0.25) is 4.79 Å². The number of urea groups is 1. The molecule has 0 aliphatic carbocycles. The number of para-hydroxylation sites is 1. The average Bonchev–Trinajstić information content (AvgIpc) is 2.62. The van der Waals surface area contributed by atoms with Gasteiger partial charge in [-0.15, -0.1) is 12.4 Å². The van der Waals surface area contributed by atoms with Crippen LogP contribution in [0.15, 0.2) is 54.6 Å². The van der Waals surface area contributed by atoms with Crippen LogP contribution in [0.1, 0.15) is 38.8 Å². The second-order valence-electron chi connectivity index (χ2n) is 7.03. The molecular weight excluding hydrogens is 376 g/mol. The average molecular weight is 405 g/mol. The first kappa shape index (κ1) is 23.5. The van der Waals surface area contributed by atoms with E-state index in [0.717, 1.165) is 11.3 Å². The molecule has 0 saturated heterocycles. The first-order valence-electron chi connectivity index (χ1n) is 9.14. The van der Waals surface area contributed by atoms with Crippen molar-refractivity contribution in [3.63, 3.8) is 0 Å². The highest BCUT2D eigenvalue weighted by Gasteiger charge is 2.17. The molecule has 0 aliphatic rings. The summed E-state index contributed by atoms with van der Waals surface area (Å²) in [5.74, 6) is 0.217. The first-order chi connectivity index (χ1) is 12.8. The molecule has 2 atom stereocenters. The number of amides is 3. The van der Waals surface area contributed by atoms with E-state index in [2.05, 4.69) is 16.0 Å². The molecular formula is C21H29ClN4O2. The lowest BCUT2D eigenvalue weighted by Gasteiger charge is -2.19. The highest BCUT2D eigenvalue weighted by Crippen LogP contribution is 2.17. The van der Waals surface area contributed by atoms with Gasteiger partial charge >= 0.3 is 6.03 Å². The van der Waals surface area contributed by atoms with E-state index in [1.165, 1.54) is 0 Å². The second-order valence-corrected chi connectivity index (χ2v) is 7.03. The Morgan fingerprint density at radius 3 is 1.96 bits per heavy atom. The molecule has 0 aromatic heterocycles. The monoisotopic (exact) mass is 404 g/mol. The lowest BCUT2D eigenvalue weighted by molar-refractivity contribution is -0.123. The summed E-state index contributed by atoms with van der Waals surface area (Å²) in [7, 11) is 0. The van der Waals surface area contributed by atoms with Crippen molar-refractivity contribution in [1.29, 1.82) is 0 Å². The van der Waals surface area contributed by atoms with E-state index in [4.69, 9.17) is 5.73 Å². The molecule has 5 N–H and O–H groups in total. The summed E-state index contributed by atoms with van der Waals surface area (Å²) in [5, 5.41) is 8.47. The number of halogens is 1. The number of carbonyl (C=O) groups excluding carboxylic acids is 2. The fourth-order valence-corrected chi connectivity index (χ4v) is 2.69. The minimum atomic E-state index is -0.505. The van der Waals surface area contributed by atoms with Crippen LogP contribution in [0.25, 0.3) is 0 Å². The number of rotatable bonds is 7. The maximum absolute atomic E-state index is 12.1. The lowest BCUT2D eigenvalue weighted by atomic mass is 10.0.